The van der Waals surface area contributed by atoms with Gasteiger partial charge in [-0.2, -0.15) is 13.2 Å². The number of halogens is 3. The van der Waals surface area contributed by atoms with Gasteiger partial charge in [0.05, 0.1) is 5.92 Å². The highest BCUT2D eigenvalue weighted by molar-refractivity contribution is 5.25. The number of alkyl halides is 3. The van der Waals surface area contributed by atoms with Crippen molar-refractivity contribution < 1.29 is 13.2 Å². The SMILES string of the molecule is CC(CN)(CN1CCC(C(F)(F)F)CC1)c1ccccc1. The first kappa shape index (κ1) is 16.3. The van der Waals surface area contributed by atoms with Crippen molar-refractivity contribution in [2.24, 2.45) is 11.7 Å². The van der Waals surface area contributed by atoms with E-state index in [9.17, 15) is 13.2 Å². The summed E-state index contributed by atoms with van der Waals surface area (Å²) in [6, 6.07) is 9.97. The summed E-state index contributed by atoms with van der Waals surface area (Å²) in [6.07, 6.45) is -3.67. The maximum Gasteiger partial charge on any atom is 0.391 e. The van der Waals surface area contributed by atoms with Crippen molar-refractivity contribution in [2.75, 3.05) is 26.2 Å². The van der Waals surface area contributed by atoms with Crippen molar-refractivity contribution in [3.63, 3.8) is 0 Å². The van der Waals surface area contributed by atoms with Gasteiger partial charge in [-0.25, -0.2) is 0 Å². The summed E-state index contributed by atoms with van der Waals surface area (Å²) >= 11 is 0. The van der Waals surface area contributed by atoms with Gasteiger partial charge in [0.25, 0.3) is 0 Å². The summed E-state index contributed by atoms with van der Waals surface area (Å²) in [5.74, 6) is -1.14. The Bertz CT molecular complexity index is 439. The van der Waals surface area contributed by atoms with E-state index in [0.29, 0.717) is 26.2 Å². The largest absolute Gasteiger partial charge is 0.391 e. The molecule has 0 bridgehead atoms. The van der Waals surface area contributed by atoms with Crippen LogP contribution < -0.4 is 5.73 Å². The number of likely N-dealkylation sites (tertiary alicyclic amines) is 1. The summed E-state index contributed by atoms with van der Waals surface area (Å²) in [4.78, 5) is 2.11. The molecule has 1 aliphatic heterocycles. The molecule has 118 valence electrons. The molecule has 0 saturated carbocycles. The summed E-state index contributed by atoms with van der Waals surface area (Å²) < 4.78 is 38.1. The molecule has 5 heteroatoms. The number of rotatable bonds is 4. The lowest BCUT2D eigenvalue weighted by atomic mass is 9.81. The number of piperidine rings is 1. The van der Waals surface area contributed by atoms with Crippen LogP contribution in [0.2, 0.25) is 0 Å². The summed E-state index contributed by atoms with van der Waals surface area (Å²) in [7, 11) is 0. The highest BCUT2D eigenvalue weighted by Gasteiger charge is 2.41. The Morgan fingerprint density at radius 2 is 1.71 bits per heavy atom. The Morgan fingerprint density at radius 3 is 2.19 bits per heavy atom. The van der Waals surface area contributed by atoms with Crippen LogP contribution >= 0.6 is 0 Å². The predicted octanol–water partition coefficient (Wildman–Crippen LogP) is 3.18. The maximum atomic E-state index is 12.7. The first-order valence-electron chi connectivity index (χ1n) is 7.40. The molecular weight excluding hydrogens is 277 g/mol. The topological polar surface area (TPSA) is 29.3 Å². The van der Waals surface area contributed by atoms with Gasteiger partial charge in [-0.1, -0.05) is 37.3 Å². The van der Waals surface area contributed by atoms with Crippen molar-refractivity contribution in [3.8, 4) is 0 Å². The van der Waals surface area contributed by atoms with Gasteiger partial charge >= 0.3 is 6.18 Å². The van der Waals surface area contributed by atoms with Crippen LogP contribution in [0.5, 0.6) is 0 Å². The third-order valence-electron chi connectivity index (χ3n) is 4.54. The minimum Gasteiger partial charge on any atom is -0.330 e. The minimum atomic E-state index is -4.05. The molecule has 1 unspecified atom stereocenters. The van der Waals surface area contributed by atoms with Crippen LogP contribution in [0, 0.1) is 5.92 Å². The number of nitrogens with zero attached hydrogens (tertiary/aromatic N) is 1. The van der Waals surface area contributed by atoms with Crippen LogP contribution in [0.1, 0.15) is 25.3 Å². The highest BCUT2D eigenvalue weighted by Crippen LogP contribution is 2.35. The third kappa shape index (κ3) is 3.98. The van der Waals surface area contributed by atoms with Crippen molar-refractivity contribution in [1.82, 2.24) is 4.90 Å². The Kier molecular flexibility index (Phi) is 4.94. The first-order chi connectivity index (χ1) is 9.85. The van der Waals surface area contributed by atoms with E-state index in [1.807, 2.05) is 30.3 Å². The molecule has 1 saturated heterocycles. The summed E-state index contributed by atoms with van der Waals surface area (Å²) in [5.41, 5.74) is 6.87. The van der Waals surface area contributed by atoms with Crippen LogP contribution in [-0.4, -0.2) is 37.3 Å². The van der Waals surface area contributed by atoms with E-state index >= 15 is 0 Å². The summed E-state index contributed by atoms with van der Waals surface area (Å²) in [6.45, 7) is 4.26. The molecule has 1 aliphatic rings. The molecule has 1 atom stereocenters. The monoisotopic (exact) mass is 300 g/mol. The molecule has 0 amide bonds. The van der Waals surface area contributed by atoms with Gasteiger partial charge < -0.3 is 10.6 Å². The minimum absolute atomic E-state index is 0.193. The average molecular weight is 300 g/mol. The number of hydrogen-bond donors (Lipinski definition) is 1. The first-order valence-corrected chi connectivity index (χ1v) is 7.40. The van der Waals surface area contributed by atoms with Crippen LogP contribution in [0.4, 0.5) is 13.2 Å². The van der Waals surface area contributed by atoms with Gasteiger partial charge in [0, 0.05) is 18.5 Å². The zero-order chi connectivity index (χ0) is 15.5. The number of benzene rings is 1. The molecule has 1 aromatic carbocycles. The summed E-state index contributed by atoms with van der Waals surface area (Å²) in [5, 5.41) is 0. The van der Waals surface area contributed by atoms with Gasteiger partial charge in [-0.15, -0.1) is 0 Å². The zero-order valence-electron chi connectivity index (χ0n) is 12.4. The van der Waals surface area contributed by atoms with E-state index in [4.69, 9.17) is 5.73 Å². The fourth-order valence-electron chi connectivity index (χ4n) is 3.03. The highest BCUT2D eigenvalue weighted by atomic mass is 19.4. The van der Waals surface area contributed by atoms with Gasteiger partial charge in [0.2, 0.25) is 0 Å². The molecule has 2 rings (SSSR count). The predicted molar refractivity (Wildman–Crippen MR) is 78.1 cm³/mol. The van der Waals surface area contributed by atoms with Gasteiger partial charge in [-0.05, 0) is 31.5 Å². The van der Waals surface area contributed by atoms with E-state index < -0.39 is 12.1 Å². The second-order valence-corrected chi connectivity index (χ2v) is 6.22. The lowest BCUT2D eigenvalue weighted by Crippen LogP contribution is -2.47. The molecule has 0 radical (unpaired) electrons. The Morgan fingerprint density at radius 1 is 1.14 bits per heavy atom. The van der Waals surface area contributed by atoms with Crippen molar-refractivity contribution in [2.45, 2.75) is 31.4 Å². The molecule has 21 heavy (non-hydrogen) atoms. The van der Waals surface area contributed by atoms with E-state index in [0.717, 1.165) is 5.56 Å². The molecule has 2 N–H and O–H groups in total. The van der Waals surface area contributed by atoms with E-state index in [1.165, 1.54) is 0 Å². The van der Waals surface area contributed by atoms with E-state index in [-0.39, 0.29) is 18.3 Å². The molecule has 1 fully saturated rings. The molecule has 1 heterocycles. The van der Waals surface area contributed by atoms with E-state index in [1.54, 1.807) is 0 Å². The molecule has 0 aromatic heterocycles. The zero-order valence-corrected chi connectivity index (χ0v) is 12.4. The second kappa shape index (κ2) is 6.36. The Balaban J connectivity index is 1.98. The maximum absolute atomic E-state index is 12.7. The fourth-order valence-corrected chi connectivity index (χ4v) is 3.03. The normalized spacial score (nSPS) is 21.2. The molecular formula is C16H23F3N2. The van der Waals surface area contributed by atoms with Crippen LogP contribution in [-0.2, 0) is 5.41 Å². The Labute approximate surface area is 124 Å². The lowest BCUT2D eigenvalue weighted by molar-refractivity contribution is -0.185. The van der Waals surface area contributed by atoms with Gasteiger partial charge in [0.15, 0.2) is 0 Å². The molecule has 2 nitrogen and oxygen atoms in total. The number of nitrogens with two attached hydrogens (primary N) is 1. The molecule has 0 spiro atoms. The quantitative estimate of drug-likeness (QED) is 0.925. The van der Waals surface area contributed by atoms with E-state index in [2.05, 4.69) is 11.8 Å². The van der Waals surface area contributed by atoms with Crippen molar-refractivity contribution in [3.05, 3.63) is 35.9 Å². The third-order valence-corrected chi connectivity index (χ3v) is 4.54. The molecule has 0 aliphatic carbocycles. The van der Waals surface area contributed by atoms with Gasteiger partial charge in [0.1, 0.15) is 0 Å². The van der Waals surface area contributed by atoms with Crippen LogP contribution in [0.15, 0.2) is 30.3 Å². The lowest BCUT2D eigenvalue weighted by Gasteiger charge is -2.39. The van der Waals surface area contributed by atoms with Gasteiger partial charge in [-0.3, -0.25) is 0 Å². The van der Waals surface area contributed by atoms with Crippen molar-refractivity contribution >= 4 is 0 Å². The van der Waals surface area contributed by atoms with Crippen LogP contribution in [0.25, 0.3) is 0 Å². The van der Waals surface area contributed by atoms with Crippen LogP contribution in [0.3, 0.4) is 0 Å². The average Bonchev–Trinajstić information content (AvgIpc) is 2.47. The molecule has 1 aromatic rings. The fraction of sp³-hybridized carbons (Fsp3) is 0.625. The second-order valence-electron chi connectivity index (χ2n) is 6.22. The number of hydrogen-bond acceptors (Lipinski definition) is 2. The smallest absolute Gasteiger partial charge is 0.330 e. The Hall–Kier alpha value is -1.07. The standard InChI is InChI=1S/C16H23F3N2/c1-15(11-20,13-5-3-2-4-6-13)12-21-9-7-14(8-10-21)16(17,18)19/h2-6,14H,7-12,20H2,1H3. The van der Waals surface area contributed by atoms with Crippen molar-refractivity contribution in [1.29, 1.82) is 0 Å².